The van der Waals surface area contributed by atoms with Crippen LogP contribution in [0.5, 0.6) is 0 Å². The number of nitrogens with zero attached hydrogens (tertiary/aromatic N) is 3. The Hall–Kier alpha value is -2.75. The Morgan fingerprint density at radius 3 is 2.42 bits per heavy atom. The molecule has 0 fully saturated rings. The summed E-state index contributed by atoms with van der Waals surface area (Å²) in [5.41, 5.74) is 5.26. The fraction of sp³-hybridized carbons (Fsp3) is 0.200. The molecule has 0 radical (unpaired) electrons. The standard InChI is InChI=1S/C20H18FN3/c1-13-12-18(15-8-10-17(21)11-9-15)24-20(22-13)19(14(2)23-24)16-6-4-3-5-7-16/h3-11,18H,12H2,1-2H3/t18-/m0/s1. The van der Waals surface area contributed by atoms with E-state index in [1.165, 1.54) is 12.1 Å². The van der Waals surface area contributed by atoms with Crippen molar-refractivity contribution in [2.45, 2.75) is 26.3 Å². The fourth-order valence-corrected chi connectivity index (χ4v) is 3.34. The summed E-state index contributed by atoms with van der Waals surface area (Å²) in [7, 11) is 0. The molecule has 0 bridgehead atoms. The number of hydrogen-bond donors (Lipinski definition) is 0. The number of aryl methyl sites for hydroxylation is 1. The zero-order valence-electron chi connectivity index (χ0n) is 13.7. The zero-order chi connectivity index (χ0) is 16.7. The van der Waals surface area contributed by atoms with E-state index >= 15 is 0 Å². The van der Waals surface area contributed by atoms with Gasteiger partial charge in [0, 0.05) is 17.7 Å². The number of benzene rings is 2. The Morgan fingerprint density at radius 1 is 1.00 bits per heavy atom. The molecular formula is C20H18FN3. The van der Waals surface area contributed by atoms with Gasteiger partial charge in [-0.25, -0.2) is 14.1 Å². The summed E-state index contributed by atoms with van der Waals surface area (Å²) in [6.45, 7) is 4.05. The van der Waals surface area contributed by atoms with Crippen LogP contribution in [0.15, 0.2) is 59.6 Å². The van der Waals surface area contributed by atoms with Crippen molar-refractivity contribution in [2.75, 3.05) is 0 Å². The van der Waals surface area contributed by atoms with Crippen LogP contribution in [0.1, 0.15) is 30.6 Å². The van der Waals surface area contributed by atoms with Crippen LogP contribution in [-0.4, -0.2) is 15.5 Å². The summed E-state index contributed by atoms with van der Waals surface area (Å²) in [5, 5.41) is 4.76. The summed E-state index contributed by atoms with van der Waals surface area (Å²) in [6.07, 6.45) is 0.786. The minimum absolute atomic E-state index is 0.0502. The van der Waals surface area contributed by atoms with Gasteiger partial charge in [-0.05, 0) is 37.1 Å². The molecule has 1 atom stereocenters. The second kappa shape index (κ2) is 5.71. The van der Waals surface area contributed by atoms with Crippen LogP contribution in [-0.2, 0) is 0 Å². The van der Waals surface area contributed by atoms with Crippen LogP contribution in [0, 0.1) is 12.7 Å². The van der Waals surface area contributed by atoms with E-state index in [0.29, 0.717) is 0 Å². The minimum Gasteiger partial charge on any atom is -0.239 e. The molecule has 1 aliphatic rings. The molecule has 3 nitrogen and oxygen atoms in total. The molecule has 0 amide bonds. The van der Waals surface area contributed by atoms with Gasteiger partial charge in [-0.15, -0.1) is 0 Å². The molecule has 0 spiro atoms. The molecule has 1 aliphatic heterocycles. The lowest BCUT2D eigenvalue weighted by atomic mass is 9.99. The summed E-state index contributed by atoms with van der Waals surface area (Å²) < 4.78 is 15.3. The third-order valence-corrected chi connectivity index (χ3v) is 4.46. The van der Waals surface area contributed by atoms with Crippen molar-refractivity contribution in [3.05, 3.63) is 71.7 Å². The average molecular weight is 319 g/mol. The molecule has 0 aliphatic carbocycles. The smallest absolute Gasteiger partial charge is 0.159 e. The van der Waals surface area contributed by atoms with Crippen molar-refractivity contribution in [1.29, 1.82) is 0 Å². The normalized spacial score (nSPS) is 16.6. The molecule has 0 saturated carbocycles. The van der Waals surface area contributed by atoms with Crippen molar-refractivity contribution in [1.82, 2.24) is 9.78 Å². The Morgan fingerprint density at radius 2 is 1.71 bits per heavy atom. The lowest BCUT2D eigenvalue weighted by Gasteiger charge is -2.24. The van der Waals surface area contributed by atoms with Crippen LogP contribution in [0.2, 0.25) is 0 Å². The SMILES string of the molecule is CC1=Nc2c(-c3ccccc3)c(C)nn2[C@H](c2ccc(F)cc2)C1. The monoisotopic (exact) mass is 319 g/mol. The molecule has 2 aromatic carbocycles. The van der Waals surface area contributed by atoms with E-state index < -0.39 is 0 Å². The van der Waals surface area contributed by atoms with Gasteiger partial charge in [0.2, 0.25) is 0 Å². The van der Waals surface area contributed by atoms with Crippen LogP contribution in [0.3, 0.4) is 0 Å². The van der Waals surface area contributed by atoms with Crippen molar-refractivity contribution >= 4 is 11.5 Å². The lowest BCUT2D eigenvalue weighted by Crippen LogP contribution is -2.19. The Kier molecular flexibility index (Phi) is 3.53. The summed E-state index contributed by atoms with van der Waals surface area (Å²) >= 11 is 0. The third-order valence-electron chi connectivity index (χ3n) is 4.46. The van der Waals surface area contributed by atoms with Gasteiger partial charge in [0.1, 0.15) is 5.82 Å². The van der Waals surface area contributed by atoms with Crippen LogP contribution in [0.4, 0.5) is 10.2 Å². The summed E-state index contributed by atoms with van der Waals surface area (Å²) in [4.78, 5) is 4.78. The molecule has 1 aromatic heterocycles. The van der Waals surface area contributed by atoms with Gasteiger partial charge in [-0.2, -0.15) is 5.10 Å². The Bertz CT molecular complexity index is 908. The van der Waals surface area contributed by atoms with Gasteiger partial charge >= 0.3 is 0 Å². The highest BCUT2D eigenvalue weighted by molar-refractivity contribution is 5.90. The number of aliphatic imine (C=N–C) groups is 1. The second-order valence-electron chi connectivity index (χ2n) is 6.21. The average Bonchev–Trinajstić information content (AvgIpc) is 2.91. The van der Waals surface area contributed by atoms with E-state index in [9.17, 15) is 4.39 Å². The molecule has 120 valence electrons. The van der Waals surface area contributed by atoms with E-state index in [4.69, 9.17) is 10.1 Å². The van der Waals surface area contributed by atoms with Crippen molar-refractivity contribution in [3.63, 3.8) is 0 Å². The molecule has 4 rings (SSSR count). The first-order valence-electron chi connectivity index (χ1n) is 8.07. The molecule has 24 heavy (non-hydrogen) atoms. The van der Waals surface area contributed by atoms with Crippen LogP contribution in [0.25, 0.3) is 11.1 Å². The lowest BCUT2D eigenvalue weighted by molar-refractivity contribution is 0.526. The maximum atomic E-state index is 13.3. The third kappa shape index (κ3) is 2.44. The van der Waals surface area contributed by atoms with Gasteiger partial charge in [0.05, 0.1) is 11.7 Å². The highest BCUT2D eigenvalue weighted by Crippen LogP contribution is 2.40. The van der Waals surface area contributed by atoms with Gasteiger partial charge in [0.25, 0.3) is 0 Å². The van der Waals surface area contributed by atoms with Crippen LogP contribution < -0.4 is 0 Å². The van der Waals surface area contributed by atoms with Gasteiger partial charge < -0.3 is 0 Å². The van der Waals surface area contributed by atoms with Gasteiger partial charge in [-0.1, -0.05) is 42.5 Å². The highest BCUT2D eigenvalue weighted by atomic mass is 19.1. The first-order valence-corrected chi connectivity index (χ1v) is 8.07. The zero-order valence-corrected chi connectivity index (χ0v) is 13.7. The summed E-state index contributed by atoms with van der Waals surface area (Å²) in [6, 6.07) is 16.9. The largest absolute Gasteiger partial charge is 0.239 e. The van der Waals surface area contributed by atoms with Crippen molar-refractivity contribution < 1.29 is 4.39 Å². The molecule has 2 heterocycles. The predicted octanol–water partition coefficient (Wildman–Crippen LogP) is 5.08. The number of fused-ring (bicyclic) bond motifs is 1. The Labute approximate surface area is 140 Å². The quantitative estimate of drug-likeness (QED) is 0.647. The topological polar surface area (TPSA) is 30.2 Å². The molecule has 3 aromatic rings. The van der Waals surface area contributed by atoms with E-state index in [-0.39, 0.29) is 11.9 Å². The molecular weight excluding hydrogens is 301 g/mol. The fourth-order valence-electron chi connectivity index (χ4n) is 3.34. The van der Waals surface area contributed by atoms with E-state index in [1.807, 2.05) is 48.9 Å². The van der Waals surface area contributed by atoms with E-state index in [0.717, 1.165) is 40.3 Å². The first-order chi connectivity index (χ1) is 11.6. The number of halogens is 1. The second-order valence-corrected chi connectivity index (χ2v) is 6.21. The number of hydrogen-bond acceptors (Lipinski definition) is 2. The first kappa shape index (κ1) is 14.8. The highest BCUT2D eigenvalue weighted by Gasteiger charge is 2.27. The molecule has 0 saturated heterocycles. The molecule has 4 heteroatoms. The van der Waals surface area contributed by atoms with Gasteiger partial charge in [-0.3, -0.25) is 0 Å². The van der Waals surface area contributed by atoms with Crippen LogP contribution >= 0.6 is 0 Å². The van der Waals surface area contributed by atoms with Gasteiger partial charge in [0.15, 0.2) is 5.82 Å². The maximum absolute atomic E-state index is 13.3. The number of aromatic nitrogens is 2. The maximum Gasteiger partial charge on any atom is 0.159 e. The van der Waals surface area contributed by atoms with Crippen molar-refractivity contribution in [2.24, 2.45) is 4.99 Å². The summed E-state index contributed by atoms with van der Waals surface area (Å²) in [5.74, 6) is 0.665. The van der Waals surface area contributed by atoms with E-state index in [1.54, 1.807) is 0 Å². The molecule has 0 N–H and O–H groups in total. The Balaban J connectivity index is 1.88. The van der Waals surface area contributed by atoms with E-state index in [2.05, 4.69) is 12.1 Å². The van der Waals surface area contributed by atoms with Crippen molar-refractivity contribution in [3.8, 4) is 11.1 Å². The predicted molar refractivity (Wildman–Crippen MR) is 94.3 cm³/mol. The minimum atomic E-state index is -0.221. The number of rotatable bonds is 2. The molecule has 0 unspecified atom stereocenters.